The summed E-state index contributed by atoms with van der Waals surface area (Å²) < 4.78 is 5.52. The van der Waals surface area contributed by atoms with Crippen molar-refractivity contribution in [3.05, 3.63) is 36.3 Å². The molecule has 7 heteroatoms. The Hall–Kier alpha value is -2.28. The van der Waals surface area contributed by atoms with E-state index in [4.69, 9.17) is 4.74 Å². The molecule has 0 unspecified atom stereocenters. The van der Waals surface area contributed by atoms with Crippen LogP contribution in [0.3, 0.4) is 0 Å². The molecule has 2 heterocycles. The predicted molar refractivity (Wildman–Crippen MR) is 127 cm³/mol. The van der Waals surface area contributed by atoms with Crippen LogP contribution in [0.15, 0.2) is 36.3 Å². The second-order valence-corrected chi connectivity index (χ2v) is 9.08. The van der Waals surface area contributed by atoms with Crippen LogP contribution < -0.4 is 0 Å². The van der Waals surface area contributed by atoms with Gasteiger partial charge in [-0.05, 0) is 51.3 Å². The number of imide groups is 1. The number of allylic oxidation sites excluding steroid dienone is 3. The van der Waals surface area contributed by atoms with Crippen LogP contribution in [0.1, 0.15) is 51.9 Å². The predicted octanol–water partition coefficient (Wildman–Crippen LogP) is 3.60. The van der Waals surface area contributed by atoms with Crippen molar-refractivity contribution in [3.8, 4) is 0 Å². The highest BCUT2D eigenvalue weighted by Crippen LogP contribution is 2.39. The fourth-order valence-corrected chi connectivity index (χ4v) is 5.34. The molecule has 0 N–H and O–H groups in total. The Morgan fingerprint density at radius 3 is 2.31 bits per heavy atom. The third-order valence-electron chi connectivity index (χ3n) is 7.29. The first-order chi connectivity index (χ1) is 15.5. The number of hydrogen-bond donors (Lipinski definition) is 0. The maximum Gasteiger partial charge on any atom is 0.327 e. The van der Waals surface area contributed by atoms with Crippen molar-refractivity contribution >= 4 is 11.9 Å². The number of carbonyl (C=O) groups excluding carboxylic acids is 2. The van der Waals surface area contributed by atoms with Gasteiger partial charge in [0.05, 0.1) is 12.8 Å². The van der Waals surface area contributed by atoms with Crippen molar-refractivity contribution < 1.29 is 14.3 Å². The van der Waals surface area contributed by atoms with E-state index in [9.17, 15) is 9.59 Å². The Bertz CT molecular complexity index is 746. The molecular weight excluding hydrogens is 404 g/mol. The highest BCUT2D eigenvalue weighted by molar-refractivity contribution is 6.06. The number of amides is 3. The normalized spacial score (nSPS) is 22.8. The number of methoxy groups -OCH3 is 1. The van der Waals surface area contributed by atoms with Gasteiger partial charge in [0.25, 0.3) is 5.91 Å². The summed E-state index contributed by atoms with van der Waals surface area (Å²) in [6, 6.07) is -0.107. The Morgan fingerprint density at radius 1 is 1.06 bits per heavy atom. The molecule has 32 heavy (non-hydrogen) atoms. The van der Waals surface area contributed by atoms with Crippen LogP contribution >= 0.6 is 0 Å². The summed E-state index contributed by atoms with van der Waals surface area (Å²) in [6.45, 7) is 11.3. The van der Waals surface area contributed by atoms with E-state index in [1.165, 1.54) is 4.90 Å². The molecule has 0 aromatic heterocycles. The van der Waals surface area contributed by atoms with Crippen LogP contribution in [0, 0.1) is 0 Å². The third-order valence-corrected chi connectivity index (χ3v) is 7.29. The zero-order valence-electron chi connectivity index (χ0n) is 20.1. The van der Waals surface area contributed by atoms with E-state index >= 15 is 0 Å². The second kappa shape index (κ2) is 11.0. The minimum atomic E-state index is -0.559. The third kappa shape index (κ3) is 4.87. The zero-order valence-corrected chi connectivity index (χ0v) is 20.1. The molecule has 2 aliphatic heterocycles. The Kier molecular flexibility index (Phi) is 8.40. The quantitative estimate of drug-likeness (QED) is 0.235. The van der Waals surface area contributed by atoms with Crippen molar-refractivity contribution in [1.29, 1.82) is 0 Å². The highest BCUT2D eigenvalue weighted by atomic mass is 16.5. The first-order valence-electron chi connectivity index (χ1n) is 12.1. The average Bonchev–Trinajstić information content (AvgIpc) is 2.99. The van der Waals surface area contributed by atoms with Gasteiger partial charge >= 0.3 is 6.03 Å². The molecule has 3 amide bonds. The number of piperazine rings is 1. The summed E-state index contributed by atoms with van der Waals surface area (Å²) >= 11 is 0. The topological polar surface area (TPSA) is 56.3 Å². The van der Waals surface area contributed by atoms with Gasteiger partial charge in [-0.3, -0.25) is 14.6 Å². The van der Waals surface area contributed by atoms with Gasteiger partial charge in [-0.2, -0.15) is 0 Å². The smallest absolute Gasteiger partial charge is 0.327 e. The molecule has 3 fully saturated rings. The van der Waals surface area contributed by atoms with E-state index in [2.05, 4.69) is 16.4 Å². The fourth-order valence-electron chi connectivity index (χ4n) is 5.34. The largest absolute Gasteiger partial charge is 0.495 e. The van der Waals surface area contributed by atoms with Gasteiger partial charge < -0.3 is 14.5 Å². The summed E-state index contributed by atoms with van der Waals surface area (Å²) in [6.07, 6.45) is 12.5. The molecule has 0 bridgehead atoms. The van der Waals surface area contributed by atoms with Crippen molar-refractivity contribution in [2.75, 3.05) is 53.4 Å². The number of carbonyl (C=O) groups is 2. The number of urea groups is 1. The molecule has 1 saturated carbocycles. The number of likely N-dealkylation sites (N-methyl/N-ethyl adjacent to an activating group) is 1. The van der Waals surface area contributed by atoms with Crippen LogP contribution in [-0.4, -0.2) is 90.5 Å². The van der Waals surface area contributed by atoms with Gasteiger partial charge in [0.1, 0.15) is 11.3 Å². The second-order valence-electron chi connectivity index (χ2n) is 9.08. The lowest BCUT2D eigenvalue weighted by atomic mass is 9.81. The van der Waals surface area contributed by atoms with Crippen molar-refractivity contribution in [2.24, 2.45) is 0 Å². The van der Waals surface area contributed by atoms with Crippen molar-refractivity contribution in [3.63, 3.8) is 0 Å². The number of unbranched alkanes of at least 4 members (excludes halogenated alkanes) is 1. The van der Waals surface area contributed by atoms with E-state index in [0.29, 0.717) is 6.54 Å². The van der Waals surface area contributed by atoms with Gasteiger partial charge in [-0.1, -0.05) is 31.9 Å². The van der Waals surface area contributed by atoms with E-state index in [-0.39, 0.29) is 11.9 Å². The van der Waals surface area contributed by atoms with Crippen LogP contribution in [0.4, 0.5) is 4.79 Å². The molecule has 0 aromatic carbocycles. The highest BCUT2D eigenvalue weighted by Gasteiger charge is 2.55. The molecule has 0 aromatic rings. The molecule has 7 nitrogen and oxygen atoms in total. The molecule has 0 radical (unpaired) electrons. The van der Waals surface area contributed by atoms with E-state index < -0.39 is 5.54 Å². The van der Waals surface area contributed by atoms with Gasteiger partial charge in [-0.25, -0.2) is 4.79 Å². The average molecular weight is 445 g/mol. The number of ether oxygens (including phenoxy) is 1. The molecule has 178 valence electrons. The number of hydrogen-bond acceptors (Lipinski definition) is 5. The lowest BCUT2D eigenvalue weighted by Gasteiger charge is -2.37. The first-order valence-corrected chi connectivity index (χ1v) is 12.1. The Labute approximate surface area is 193 Å². The molecule has 3 aliphatic rings. The van der Waals surface area contributed by atoms with Gasteiger partial charge in [0.15, 0.2) is 0 Å². The monoisotopic (exact) mass is 444 g/mol. The van der Waals surface area contributed by atoms with E-state index in [1.54, 1.807) is 12.0 Å². The van der Waals surface area contributed by atoms with Gasteiger partial charge in [0.2, 0.25) is 0 Å². The van der Waals surface area contributed by atoms with Crippen LogP contribution in [0.25, 0.3) is 0 Å². The number of nitrogens with zero attached hydrogens (tertiary/aromatic N) is 4. The molecular formula is C25H40N4O3. The van der Waals surface area contributed by atoms with Crippen LogP contribution in [-0.2, 0) is 9.53 Å². The standard InChI is InChI=1S/C25H40N4O3/c1-5-12-22(32-4)21(6-2)28-19-17-27(18-20-28)15-10-11-16-29-23(30)25(26(3)24(29)31)13-8-7-9-14-25/h5-6,12H,2,7-11,13-20H2,1,3-4H3/b12-5-,22-21-. The molecule has 3 rings (SSSR count). The lowest BCUT2D eigenvalue weighted by Crippen LogP contribution is -2.49. The minimum Gasteiger partial charge on any atom is -0.495 e. The minimum absolute atomic E-state index is 0.0390. The lowest BCUT2D eigenvalue weighted by molar-refractivity contribution is -0.134. The maximum atomic E-state index is 13.1. The van der Waals surface area contributed by atoms with E-state index in [1.807, 2.05) is 32.2 Å². The Balaban J connectivity index is 1.44. The Morgan fingerprint density at radius 2 is 1.72 bits per heavy atom. The molecule has 1 spiro atoms. The van der Waals surface area contributed by atoms with E-state index in [0.717, 1.165) is 89.1 Å². The summed E-state index contributed by atoms with van der Waals surface area (Å²) in [5.74, 6) is 0.883. The SMILES string of the molecule is C=C/C(=C(\C=C/C)OC)N1CCN(CCCCN2C(=O)N(C)C3(CCCCC3)C2=O)CC1. The summed E-state index contributed by atoms with van der Waals surface area (Å²) in [5.41, 5.74) is 0.479. The van der Waals surface area contributed by atoms with Crippen LogP contribution in [0.2, 0.25) is 0 Å². The van der Waals surface area contributed by atoms with Crippen molar-refractivity contribution in [2.45, 2.75) is 57.4 Å². The van der Waals surface area contributed by atoms with Gasteiger partial charge in [0, 0.05) is 39.8 Å². The van der Waals surface area contributed by atoms with Gasteiger partial charge in [-0.15, -0.1) is 0 Å². The molecule has 0 atom stereocenters. The first kappa shape index (κ1) is 24.4. The van der Waals surface area contributed by atoms with Crippen LogP contribution in [0.5, 0.6) is 0 Å². The van der Waals surface area contributed by atoms with Crippen molar-refractivity contribution in [1.82, 2.24) is 19.6 Å². The molecule has 1 aliphatic carbocycles. The summed E-state index contributed by atoms with van der Waals surface area (Å²) in [4.78, 5) is 33.8. The zero-order chi connectivity index (χ0) is 23.1. The summed E-state index contributed by atoms with van der Waals surface area (Å²) in [5, 5.41) is 0. The summed E-state index contributed by atoms with van der Waals surface area (Å²) in [7, 11) is 3.50. The number of rotatable bonds is 9. The maximum absolute atomic E-state index is 13.1. The fraction of sp³-hybridized carbons (Fsp3) is 0.680. The molecule has 2 saturated heterocycles.